The second-order valence-corrected chi connectivity index (χ2v) is 1.62. The number of ether oxygens (including phenoxy) is 1. The van der Waals surface area contributed by atoms with Crippen molar-refractivity contribution in [3.05, 3.63) is 0 Å². The van der Waals surface area contributed by atoms with E-state index in [1.165, 1.54) is 0 Å². The molecule has 0 atom stereocenters. The number of hydrogen-bond donors (Lipinski definition) is 0. The van der Waals surface area contributed by atoms with Crippen LogP contribution < -0.4 is 0 Å². The van der Waals surface area contributed by atoms with Gasteiger partial charge < -0.3 is 0 Å². The van der Waals surface area contributed by atoms with E-state index in [0.717, 1.165) is 0 Å². The molecule has 0 aromatic rings. The average molecular weight is 196 g/mol. The molecule has 0 fully saturated rings. The fourth-order valence-corrected chi connectivity index (χ4v) is 0.274. The van der Waals surface area contributed by atoms with Gasteiger partial charge in [0.25, 0.3) is 0 Å². The first-order chi connectivity index (χ1) is 5.25. The summed E-state index contributed by atoms with van der Waals surface area (Å²) in [7, 11) is 0. The second-order valence-electron chi connectivity index (χ2n) is 1.62. The van der Waals surface area contributed by atoms with Gasteiger partial charge in [-0.1, -0.05) is 0 Å². The molecule has 72 valence electrons. The van der Waals surface area contributed by atoms with Crippen molar-refractivity contribution in [1.82, 2.24) is 0 Å². The predicted molar refractivity (Wildman–Crippen MR) is 23.1 cm³/mol. The topological polar surface area (TPSA) is 26.3 Å². The maximum atomic E-state index is 11.8. The summed E-state index contributed by atoms with van der Waals surface area (Å²) in [4.78, 5) is 9.29. The van der Waals surface area contributed by atoms with Crippen LogP contribution in [0, 0.1) is 0 Å². The Morgan fingerprint density at radius 2 is 1.67 bits per heavy atom. The third kappa shape index (κ3) is 1.87. The molecule has 2 nitrogen and oxygen atoms in total. The van der Waals surface area contributed by atoms with E-state index in [2.05, 4.69) is 4.74 Å². The highest BCUT2D eigenvalue weighted by atomic mass is 19.3. The van der Waals surface area contributed by atoms with Crippen LogP contribution >= 0.6 is 0 Å². The van der Waals surface area contributed by atoms with Crippen molar-refractivity contribution in [1.29, 1.82) is 0 Å². The van der Waals surface area contributed by atoms with Gasteiger partial charge in [-0.3, -0.25) is 9.53 Å². The van der Waals surface area contributed by atoms with E-state index in [0.29, 0.717) is 0 Å². The van der Waals surface area contributed by atoms with E-state index < -0.39 is 24.9 Å². The standard InChI is InChI=1S/C4H2F6O2/c5-1-12-4(9,10)3(7,8)2(6)11/h1H2. The van der Waals surface area contributed by atoms with Crippen molar-refractivity contribution in [3.8, 4) is 0 Å². The van der Waals surface area contributed by atoms with Gasteiger partial charge in [-0.25, -0.2) is 4.39 Å². The van der Waals surface area contributed by atoms with Crippen molar-refractivity contribution in [3.63, 3.8) is 0 Å². The Kier molecular flexibility index (Phi) is 3.08. The third-order valence-corrected chi connectivity index (χ3v) is 0.848. The molecule has 0 aliphatic heterocycles. The van der Waals surface area contributed by atoms with Crippen molar-refractivity contribution in [2.45, 2.75) is 12.0 Å². The van der Waals surface area contributed by atoms with Gasteiger partial charge >= 0.3 is 18.1 Å². The molecule has 0 unspecified atom stereocenters. The Morgan fingerprint density at radius 3 is 1.92 bits per heavy atom. The van der Waals surface area contributed by atoms with E-state index in [-0.39, 0.29) is 0 Å². The normalized spacial score (nSPS) is 13.2. The minimum absolute atomic E-state index is 2.25. The van der Waals surface area contributed by atoms with E-state index in [1.807, 2.05) is 0 Å². The molecule has 0 spiro atoms. The predicted octanol–water partition coefficient (Wildman–Crippen LogP) is 1.65. The molecule has 8 heteroatoms. The molecule has 0 rings (SSSR count). The minimum Gasteiger partial charge on any atom is -0.283 e. The lowest BCUT2D eigenvalue weighted by Gasteiger charge is -2.20. The average Bonchev–Trinajstić information content (AvgIpc) is 1.86. The number of carbonyl (C=O) groups is 1. The zero-order valence-electron chi connectivity index (χ0n) is 5.29. The van der Waals surface area contributed by atoms with Gasteiger partial charge in [0.15, 0.2) is 6.86 Å². The van der Waals surface area contributed by atoms with Crippen LogP contribution in [-0.4, -0.2) is 24.9 Å². The summed E-state index contributed by atoms with van der Waals surface area (Å²) in [6.07, 6.45) is -5.46. The lowest BCUT2D eigenvalue weighted by Crippen LogP contribution is -2.47. The molecule has 0 aliphatic rings. The monoisotopic (exact) mass is 196 g/mol. The van der Waals surface area contributed by atoms with Crippen molar-refractivity contribution in [2.75, 3.05) is 6.86 Å². The summed E-state index contributed by atoms with van der Waals surface area (Å²) in [6, 6.07) is -3.58. The molecule has 0 saturated heterocycles. The minimum atomic E-state index is -5.65. The Balaban J connectivity index is 4.62. The van der Waals surface area contributed by atoms with Gasteiger partial charge in [0.1, 0.15) is 0 Å². The maximum Gasteiger partial charge on any atom is 0.432 e. The van der Waals surface area contributed by atoms with Crippen molar-refractivity contribution < 1.29 is 35.9 Å². The van der Waals surface area contributed by atoms with E-state index >= 15 is 0 Å². The molecule has 0 aromatic heterocycles. The van der Waals surface area contributed by atoms with Gasteiger partial charge in [0.05, 0.1) is 0 Å². The SMILES string of the molecule is O=C(F)C(F)(F)C(F)(F)OCF. The van der Waals surface area contributed by atoms with Crippen LogP contribution in [0.2, 0.25) is 0 Å². The molecule has 0 radical (unpaired) electrons. The first-order valence-corrected chi connectivity index (χ1v) is 2.41. The summed E-state index contributed by atoms with van der Waals surface area (Å²) < 4.78 is 71.8. The summed E-state index contributed by atoms with van der Waals surface area (Å²) in [5, 5.41) is 0. The molecule has 0 saturated carbocycles. The van der Waals surface area contributed by atoms with E-state index in [4.69, 9.17) is 0 Å². The number of halogens is 6. The Morgan fingerprint density at radius 1 is 1.25 bits per heavy atom. The van der Waals surface area contributed by atoms with Gasteiger partial charge in [-0.15, -0.1) is 0 Å². The van der Waals surface area contributed by atoms with Crippen LogP contribution in [-0.2, 0) is 9.53 Å². The van der Waals surface area contributed by atoms with Crippen LogP contribution in [0.3, 0.4) is 0 Å². The quantitative estimate of drug-likeness (QED) is 0.504. The zero-order chi connectivity index (χ0) is 9.99. The lowest BCUT2D eigenvalue weighted by atomic mass is 10.3. The van der Waals surface area contributed by atoms with Gasteiger partial charge in [-0.05, 0) is 0 Å². The Hall–Kier alpha value is -0.790. The van der Waals surface area contributed by atoms with Crippen LogP contribution in [0.15, 0.2) is 0 Å². The summed E-state index contributed by atoms with van der Waals surface area (Å²) in [6.45, 7) is -2.25. The molecular weight excluding hydrogens is 194 g/mol. The van der Waals surface area contributed by atoms with Gasteiger partial charge in [-0.2, -0.15) is 22.0 Å². The largest absolute Gasteiger partial charge is 0.432 e. The summed E-state index contributed by atoms with van der Waals surface area (Å²) >= 11 is 0. The number of rotatable bonds is 4. The summed E-state index contributed by atoms with van der Waals surface area (Å²) in [5.41, 5.74) is 0. The maximum absolute atomic E-state index is 11.8. The molecule has 0 aliphatic carbocycles. The highest BCUT2D eigenvalue weighted by Crippen LogP contribution is 2.36. The van der Waals surface area contributed by atoms with Crippen LogP contribution in [0.1, 0.15) is 0 Å². The molecular formula is C4H2F6O2. The van der Waals surface area contributed by atoms with Crippen LogP contribution in [0.25, 0.3) is 0 Å². The zero-order valence-corrected chi connectivity index (χ0v) is 5.29. The fraction of sp³-hybridized carbons (Fsp3) is 0.750. The fourth-order valence-electron chi connectivity index (χ4n) is 0.274. The van der Waals surface area contributed by atoms with E-state index in [9.17, 15) is 31.1 Å². The molecule has 0 amide bonds. The first kappa shape index (κ1) is 11.2. The smallest absolute Gasteiger partial charge is 0.283 e. The lowest BCUT2D eigenvalue weighted by molar-refractivity contribution is -0.345. The number of carbonyl (C=O) groups excluding carboxylic acids is 1. The molecule has 0 aromatic carbocycles. The highest BCUT2D eigenvalue weighted by molar-refractivity contribution is 5.77. The Labute approximate surface area is 62.1 Å². The van der Waals surface area contributed by atoms with Crippen LogP contribution in [0.4, 0.5) is 26.3 Å². The molecule has 0 bridgehead atoms. The second kappa shape index (κ2) is 3.30. The van der Waals surface area contributed by atoms with Gasteiger partial charge in [0, 0.05) is 0 Å². The van der Waals surface area contributed by atoms with Crippen molar-refractivity contribution in [2.24, 2.45) is 0 Å². The molecule has 0 heterocycles. The number of alkyl halides is 5. The first-order valence-electron chi connectivity index (χ1n) is 2.41. The molecule has 12 heavy (non-hydrogen) atoms. The van der Waals surface area contributed by atoms with Gasteiger partial charge in [0.2, 0.25) is 0 Å². The van der Waals surface area contributed by atoms with Crippen LogP contribution in [0.5, 0.6) is 0 Å². The Bertz CT molecular complexity index is 178. The summed E-state index contributed by atoms with van der Waals surface area (Å²) in [5.74, 6) is -5.65. The highest BCUT2D eigenvalue weighted by Gasteiger charge is 2.64. The number of hydrogen-bond acceptors (Lipinski definition) is 2. The van der Waals surface area contributed by atoms with Crippen molar-refractivity contribution >= 4 is 6.04 Å². The van der Waals surface area contributed by atoms with E-state index in [1.54, 1.807) is 0 Å². The third-order valence-electron chi connectivity index (χ3n) is 0.848. The molecule has 0 N–H and O–H groups in total.